The van der Waals surface area contributed by atoms with E-state index in [1.807, 2.05) is 61.5 Å². The highest BCUT2D eigenvalue weighted by molar-refractivity contribution is 7.52. The number of fused-ring (bicyclic) bond motifs is 4. The first-order valence-electron chi connectivity index (χ1n) is 16.2. The summed E-state index contributed by atoms with van der Waals surface area (Å²) in [5.41, 5.74) is 8.55. The molecule has 0 saturated carbocycles. The van der Waals surface area contributed by atoms with Crippen molar-refractivity contribution in [2.75, 3.05) is 18.9 Å². The number of unbranched alkanes of at least 4 members (excludes halogenated alkanes) is 1. The normalized spacial score (nSPS) is 14.4. The van der Waals surface area contributed by atoms with Crippen molar-refractivity contribution >= 4 is 52.2 Å². The van der Waals surface area contributed by atoms with Crippen LogP contribution in [0.5, 0.6) is 5.75 Å². The van der Waals surface area contributed by atoms with Crippen LogP contribution in [0.25, 0.3) is 32.7 Å². The van der Waals surface area contributed by atoms with E-state index in [1.165, 1.54) is 0 Å². The van der Waals surface area contributed by atoms with Crippen LogP contribution in [0.15, 0.2) is 66.7 Å². The van der Waals surface area contributed by atoms with Gasteiger partial charge in [-0.3, -0.25) is 9.32 Å². The molecule has 2 heterocycles. The van der Waals surface area contributed by atoms with E-state index in [1.54, 1.807) is 32.9 Å². The standard InChI is InChI=1S/C35H44N5O6P/c1-6-8-15-27(40-31(22-43-7-2)38-32-33(40)29-16-11-12-17-30(29)37-34(32)36)21-44-47(42,39-24(5)35(41)45-23(3)4)46-28-19-18-25-13-9-10-14-26(25)20-28/h9-14,16-20,23-24,27H,6-8,15,21-22H2,1-5H3,(H2,36,37)(H,39,42)/t24-,27+,47?/m0/s1. The monoisotopic (exact) mass is 661 g/mol. The molecule has 250 valence electrons. The van der Waals surface area contributed by atoms with E-state index in [4.69, 9.17) is 29.2 Å². The average molecular weight is 662 g/mol. The summed E-state index contributed by atoms with van der Waals surface area (Å²) in [5, 5.41) is 5.63. The Kier molecular flexibility index (Phi) is 11.1. The molecule has 2 aromatic heterocycles. The number of nitrogens with two attached hydrogens (primary N) is 1. The lowest BCUT2D eigenvalue weighted by Crippen LogP contribution is -2.36. The second kappa shape index (κ2) is 15.3. The Balaban J connectivity index is 1.55. The first-order valence-corrected chi connectivity index (χ1v) is 17.7. The SMILES string of the molecule is CCCC[C@H](COP(=O)(N[C@@H](C)C(=O)OC(C)C)Oc1ccc2ccccc2c1)n1c(COCC)nc2c(N)nc3ccccc3c21. The largest absolute Gasteiger partial charge is 0.462 e. The van der Waals surface area contributed by atoms with Gasteiger partial charge in [-0.05, 0) is 63.1 Å². The van der Waals surface area contributed by atoms with Crippen molar-refractivity contribution in [3.8, 4) is 5.75 Å². The molecule has 0 fully saturated rings. The summed E-state index contributed by atoms with van der Waals surface area (Å²) in [6, 6.07) is 19.7. The van der Waals surface area contributed by atoms with E-state index in [0.717, 1.165) is 40.0 Å². The second-order valence-electron chi connectivity index (χ2n) is 11.8. The summed E-state index contributed by atoms with van der Waals surface area (Å²) in [7, 11) is -4.17. The topological polar surface area (TPSA) is 140 Å². The van der Waals surface area contributed by atoms with Gasteiger partial charge in [-0.15, -0.1) is 0 Å². The number of aromatic nitrogens is 3. The molecule has 0 amide bonds. The molecule has 0 saturated heterocycles. The Morgan fingerprint density at radius 1 is 1.00 bits per heavy atom. The molecule has 0 aliphatic heterocycles. The first-order chi connectivity index (χ1) is 22.6. The third-order valence-electron chi connectivity index (χ3n) is 7.76. The summed E-state index contributed by atoms with van der Waals surface area (Å²) in [6.07, 6.45) is 2.12. The highest BCUT2D eigenvalue weighted by Crippen LogP contribution is 2.47. The van der Waals surface area contributed by atoms with Crippen molar-refractivity contribution < 1.29 is 27.9 Å². The number of nitrogen functional groups attached to an aromatic ring is 1. The third kappa shape index (κ3) is 8.11. The zero-order chi connectivity index (χ0) is 33.6. The summed E-state index contributed by atoms with van der Waals surface area (Å²) in [6.45, 7) is 9.83. The molecule has 1 unspecified atom stereocenters. The minimum Gasteiger partial charge on any atom is -0.462 e. The molecule has 0 spiro atoms. The lowest BCUT2D eigenvalue weighted by molar-refractivity contribution is -0.149. The number of imidazole rings is 1. The molecule has 0 radical (unpaired) electrons. The number of nitrogens with zero attached hydrogens (tertiary/aromatic N) is 3. The summed E-state index contributed by atoms with van der Waals surface area (Å²) >= 11 is 0. The number of anilines is 1. The number of carbonyl (C=O) groups is 1. The van der Waals surface area contributed by atoms with Crippen LogP contribution < -0.4 is 15.3 Å². The molecular weight excluding hydrogens is 617 g/mol. The number of carbonyl (C=O) groups excluding carboxylic acids is 1. The number of para-hydroxylation sites is 1. The average Bonchev–Trinajstić information content (AvgIpc) is 3.43. The first kappa shape index (κ1) is 34.3. The lowest BCUT2D eigenvalue weighted by atomic mass is 10.1. The molecule has 3 aromatic carbocycles. The fourth-order valence-corrected chi connectivity index (χ4v) is 7.06. The third-order valence-corrected chi connectivity index (χ3v) is 9.40. The van der Waals surface area contributed by atoms with Crippen LogP contribution in [-0.4, -0.2) is 45.9 Å². The minimum absolute atomic E-state index is 0.0229. The smallest absolute Gasteiger partial charge is 0.459 e. The van der Waals surface area contributed by atoms with Crippen molar-refractivity contribution in [2.24, 2.45) is 0 Å². The van der Waals surface area contributed by atoms with E-state index in [0.29, 0.717) is 35.9 Å². The van der Waals surface area contributed by atoms with Crippen molar-refractivity contribution in [2.45, 2.75) is 78.7 Å². The Labute approximate surface area is 275 Å². The van der Waals surface area contributed by atoms with Gasteiger partial charge in [0.25, 0.3) is 0 Å². The van der Waals surface area contributed by atoms with Crippen molar-refractivity contribution in [1.29, 1.82) is 0 Å². The molecule has 3 N–H and O–H groups in total. The van der Waals surface area contributed by atoms with Gasteiger partial charge in [0.05, 0.1) is 29.8 Å². The molecule has 0 aliphatic rings. The Hall–Kier alpha value is -4.02. The van der Waals surface area contributed by atoms with Gasteiger partial charge in [-0.25, -0.2) is 14.5 Å². The minimum atomic E-state index is -4.17. The number of ether oxygens (including phenoxy) is 2. The van der Waals surface area contributed by atoms with Crippen LogP contribution in [0, 0.1) is 0 Å². The zero-order valence-electron chi connectivity index (χ0n) is 27.6. The maximum atomic E-state index is 14.6. The fraction of sp³-hybridized carbons (Fsp3) is 0.400. The highest BCUT2D eigenvalue weighted by Gasteiger charge is 2.34. The zero-order valence-corrected chi connectivity index (χ0v) is 28.5. The lowest BCUT2D eigenvalue weighted by Gasteiger charge is -2.27. The van der Waals surface area contributed by atoms with Crippen LogP contribution in [-0.2, 0) is 30.0 Å². The molecule has 12 heteroatoms. The van der Waals surface area contributed by atoms with Crippen molar-refractivity contribution in [3.63, 3.8) is 0 Å². The highest BCUT2D eigenvalue weighted by atomic mass is 31.2. The second-order valence-corrected chi connectivity index (χ2v) is 13.5. The maximum absolute atomic E-state index is 14.6. The van der Waals surface area contributed by atoms with Crippen LogP contribution in [0.3, 0.4) is 0 Å². The number of benzene rings is 3. The fourth-order valence-electron chi connectivity index (χ4n) is 5.55. The molecule has 0 aliphatic carbocycles. The molecule has 11 nitrogen and oxygen atoms in total. The summed E-state index contributed by atoms with van der Waals surface area (Å²) < 4.78 is 40.3. The quantitative estimate of drug-likeness (QED) is 0.0798. The van der Waals surface area contributed by atoms with E-state index >= 15 is 0 Å². The molecular formula is C35H44N5O6P. The van der Waals surface area contributed by atoms with Crippen LogP contribution in [0.4, 0.5) is 5.82 Å². The Morgan fingerprint density at radius 3 is 2.49 bits per heavy atom. The molecule has 5 aromatic rings. The number of pyridine rings is 1. The van der Waals surface area contributed by atoms with Gasteiger partial charge in [0, 0.05) is 12.0 Å². The molecule has 0 bridgehead atoms. The van der Waals surface area contributed by atoms with Crippen molar-refractivity contribution in [1.82, 2.24) is 19.6 Å². The van der Waals surface area contributed by atoms with Crippen molar-refractivity contribution in [3.05, 3.63) is 72.6 Å². The molecule has 5 rings (SSSR count). The van der Waals surface area contributed by atoms with Crippen LogP contribution >= 0.6 is 7.75 Å². The predicted molar refractivity (Wildman–Crippen MR) is 185 cm³/mol. The number of nitrogens with one attached hydrogen (secondary N) is 1. The van der Waals surface area contributed by atoms with Crippen LogP contribution in [0.1, 0.15) is 65.7 Å². The van der Waals surface area contributed by atoms with Gasteiger partial charge >= 0.3 is 13.7 Å². The predicted octanol–water partition coefficient (Wildman–Crippen LogP) is 7.72. The summed E-state index contributed by atoms with van der Waals surface area (Å²) in [4.78, 5) is 22.3. The van der Waals surface area contributed by atoms with E-state index in [-0.39, 0.29) is 25.4 Å². The van der Waals surface area contributed by atoms with Gasteiger partial charge < -0.3 is 24.3 Å². The number of rotatable bonds is 16. The maximum Gasteiger partial charge on any atom is 0.459 e. The Morgan fingerprint density at radius 2 is 1.74 bits per heavy atom. The van der Waals surface area contributed by atoms with Gasteiger partial charge in [0.1, 0.15) is 29.7 Å². The molecule has 3 atom stereocenters. The van der Waals surface area contributed by atoms with E-state index in [2.05, 4.69) is 21.6 Å². The van der Waals surface area contributed by atoms with E-state index in [9.17, 15) is 9.36 Å². The van der Waals surface area contributed by atoms with Gasteiger partial charge in [0.15, 0.2) is 5.82 Å². The van der Waals surface area contributed by atoms with E-state index < -0.39 is 19.8 Å². The van der Waals surface area contributed by atoms with Gasteiger partial charge in [0.2, 0.25) is 0 Å². The number of hydrogen-bond acceptors (Lipinski definition) is 9. The Bertz CT molecular complexity index is 1890. The number of esters is 1. The van der Waals surface area contributed by atoms with Gasteiger partial charge in [-0.2, -0.15) is 5.09 Å². The van der Waals surface area contributed by atoms with Crippen LogP contribution in [0.2, 0.25) is 0 Å². The molecule has 47 heavy (non-hydrogen) atoms. The summed E-state index contributed by atoms with van der Waals surface area (Å²) in [5.74, 6) is 0.741. The number of hydrogen-bond donors (Lipinski definition) is 2. The van der Waals surface area contributed by atoms with Gasteiger partial charge in [-0.1, -0.05) is 68.3 Å².